The standard InChI is InChI=1S/C9H9F3N2O2/c1-16-7(15)3-5-8(9(11)12)4(10)2-6(13)14-5/h2,9H,3H2,1H3,(H2,13,14). The molecule has 1 aromatic heterocycles. The van der Waals surface area contributed by atoms with E-state index in [9.17, 15) is 18.0 Å². The molecule has 0 spiro atoms. The van der Waals surface area contributed by atoms with E-state index >= 15 is 0 Å². The van der Waals surface area contributed by atoms with Gasteiger partial charge in [0.15, 0.2) is 0 Å². The number of methoxy groups -OCH3 is 1. The van der Waals surface area contributed by atoms with E-state index in [4.69, 9.17) is 5.73 Å². The van der Waals surface area contributed by atoms with Crippen LogP contribution in [-0.2, 0) is 16.0 Å². The van der Waals surface area contributed by atoms with Gasteiger partial charge in [0.2, 0.25) is 0 Å². The summed E-state index contributed by atoms with van der Waals surface area (Å²) in [6.07, 6.45) is -3.61. The normalized spacial score (nSPS) is 10.6. The summed E-state index contributed by atoms with van der Waals surface area (Å²) in [7, 11) is 1.09. The predicted molar refractivity (Wildman–Crippen MR) is 49.3 cm³/mol. The second kappa shape index (κ2) is 4.82. The molecule has 1 rings (SSSR count). The predicted octanol–water partition coefficient (Wildman–Crippen LogP) is 1.46. The zero-order valence-electron chi connectivity index (χ0n) is 8.34. The highest BCUT2D eigenvalue weighted by Gasteiger charge is 2.22. The first kappa shape index (κ1) is 12.3. The van der Waals surface area contributed by atoms with Gasteiger partial charge in [0.25, 0.3) is 6.43 Å². The van der Waals surface area contributed by atoms with Gasteiger partial charge in [0, 0.05) is 6.07 Å². The Morgan fingerprint density at radius 2 is 2.25 bits per heavy atom. The molecular weight excluding hydrogens is 225 g/mol. The summed E-state index contributed by atoms with van der Waals surface area (Å²) in [5.74, 6) is -2.23. The molecule has 1 heterocycles. The third-order valence-electron chi connectivity index (χ3n) is 1.86. The summed E-state index contributed by atoms with van der Waals surface area (Å²) in [5, 5.41) is 0. The Morgan fingerprint density at radius 1 is 1.62 bits per heavy atom. The van der Waals surface area contributed by atoms with E-state index < -0.39 is 35.9 Å². The van der Waals surface area contributed by atoms with Gasteiger partial charge in [0.05, 0.1) is 24.8 Å². The first-order valence-electron chi connectivity index (χ1n) is 4.25. The summed E-state index contributed by atoms with van der Waals surface area (Å²) in [6, 6.07) is 0.683. The lowest BCUT2D eigenvalue weighted by molar-refractivity contribution is -0.139. The molecular formula is C9H9F3N2O2. The number of carbonyl (C=O) groups is 1. The highest BCUT2D eigenvalue weighted by Crippen LogP contribution is 2.26. The average Bonchev–Trinajstić information content (AvgIpc) is 2.15. The molecule has 7 heteroatoms. The molecule has 88 valence electrons. The minimum absolute atomic E-state index is 0.263. The maximum absolute atomic E-state index is 13.2. The molecule has 0 aliphatic carbocycles. The monoisotopic (exact) mass is 234 g/mol. The van der Waals surface area contributed by atoms with E-state index in [2.05, 4.69) is 9.72 Å². The summed E-state index contributed by atoms with van der Waals surface area (Å²) < 4.78 is 42.4. The van der Waals surface area contributed by atoms with Crippen molar-refractivity contribution in [1.82, 2.24) is 4.98 Å². The molecule has 4 nitrogen and oxygen atoms in total. The third kappa shape index (κ3) is 2.62. The molecule has 0 amide bonds. The first-order valence-corrected chi connectivity index (χ1v) is 4.25. The van der Waals surface area contributed by atoms with Crippen LogP contribution in [0.25, 0.3) is 0 Å². The van der Waals surface area contributed by atoms with Gasteiger partial charge in [0.1, 0.15) is 11.6 Å². The Kier molecular flexibility index (Phi) is 3.70. The van der Waals surface area contributed by atoms with Gasteiger partial charge in [-0.2, -0.15) is 0 Å². The van der Waals surface area contributed by atoms with Crippen LogP contribution in [0.2, 0.25) is 0 Å². The number of anilines is 1. The van der Waals surface area contributed by atoms with Crippen LogP contribution in [0.15, 0.2) is 6.07 Å². The van der Waals surface area contributed by atoms with Crippen LogP contribution in [0.1, 0.15) is 17.7 Å². The number of ether oxygens (including phenoxy) is 1. The molecule has 0 atom stereocenters. The fraction of sp³-hybridized carbons (Fsp3) is 0.333. The number of aromatic nitrogens is 1. The van der Waals surface area contributed by atoms with E-state index in [0.29, 0.717) is 6.07 Å². The van der Waals surface area contributed by atoms with Crippen molar-refractivity contribution in [3.63, 3.8) is 0 Å². The number of pyridine rings is 1. The SMILES string of the molecule is COC(=O)Cc1nc(N)cc(F)c1C(F)F. The van der Waals surface area contributed by atoms with E-state index in [0.717, 1.165) is 7.11 Å². The molecule has 0 fully saturated rings. The van der Waals surface area contributed by atoms with Crippen LogP contribution in [0.5, 0.6) is 0 Å². The Morgan fingerprint density at radius 3 is 2.75 bits per heavy atom. The van der Waals surface area contributed by atoms with Crippen LogP contribution in [0, 0.1) is 5.82 Å². The minimum Gasteiger partial charge on any atom is -0.469 e. The van der Waals surface area contributed by atoms with Crippen LogP contribution in [-0.4, -0.2) is 18.1 Å². The number of halogens is 3. The quantitative estimate of drug-likeness (QED) is 0.804. The number of nitrogen functional groups attached to an aromatic ring is 1. The van der Waals surface area contributed by atoms with E-state index in [1.165, 1.54) is 0 Å². The number of alkyl halides is 2. The van der Waals surface area contributed by atoms with Crippen LogP contribution in [0.3, 0.4) is 0 Å². The molecule has 16 heavy (non-hydrogen) atoms. The molecule has 0 radical (unpaired) electrons. The number of nitrogens with two attached hydrogens (primary N) is 1. The van der Waals surface area contributed by atoms with Gasteiger partial charge in [-0.25, -0.2) is 18.2 Å². The lowest BCUT2D eigenvalue weighted by atomic mass is 10.1. The van der Waals surface area contributed by atoms with Gasteiger partial charge in [-0.15, -0.1) is 0 Å². The number of hydrogen-bond acceptors (Lipinski definition) is 4. The summed E-state index contributed by atoms with van der Waals surface area (Å²) >= 11 is 0. The number of hydrogen-bond donors (Lipinski definition) is 1. The number of carbonyl (C=O) groups excluding carboxylic acids is 1. The van der Waals surface area contributed by atoms with Crippen molar-refractivity contribution in [2.75, 3.05) is 12.8 Å². The summed E-state index contributed by atoms with van der Waals surface area (Å²) in [4.78, 5) is 14.4. The number of nitrogens with zero attached hydrogens (tertiary/aromatic N) is 1. The molecule has 0 bridgehead atoms. The third-order valence-corrected chi connectivity index (χ3v) is 1.86. The molecule has 0 aliphatic heterocycles. The van der Waals surface area contributed by atoms with Crippen LogP contribution in [0.4, 0.5) is 19.0 Å². The largest absolute Gasteiger partial charge is 0.469 e. The van der Waals surface area contributed by atoms with Gasteiger partial charge in [-0.3, -0.25) is 4.79 Å². The van der Waals surface area contributed by atoms with Gasteiger partial charge >= 0.3 is 5.97 Å². The van der Waals surface area contributed by atoms with E-state index in [1.54, 1.807) is 0 Å². The lowest BCUT2D eigenvalue weighted by Crippen LogP contribution is -2.12. The van der Waals surface area contributed by atoms with Crippen molar-refractivity contribution in [3.05, 3.63) is 23.1 Å². The van der Waals surface area contributed by atoms with Gasteiger partial charge in [-0.05, 0) is 0 Å². The molecule has 0 saturated carbocycles. The second-order valence-electron chi connectivity index (χ2n) is 2.94. The van der Waals surface area contributed by atoms with Crippen molar-refractivity contribution in [1.29, 1.82) is 0 Å². The van der Waals surface area contributed by atoms with Crippen molar-refractivity contribution in [3.8, 4) is 0 Å². The smallest absolute Gasteiger partial charge is 0.311 e. The zero-order chi connectivity index (χ0) is 12.3. The highest BCUT2D eigenvalue weighted by molar-refractivity contribution is 5.72. The first-order chi connectivity index (χ1) is 7.45. The van der Waals surface area contributed by atoms with E-state index in [1.807, 2.05) is 0 Å². The Balaban J connectivity index is 3.18. The number of esters is 1. The maximum atomic E-state index is 13.2. The second-order valence-corrected chi connectivity index (χ2v) is 2.94. The summed E-state index contributed by atoms with van der Waals surface area (Å²) in [6.45, 7) is 0. The Hall–Kier alpha value is -1.79. The minimum atomic E-state index is -3.06. The fourth-order valence-electron chi connectivity index (χ4n) is 1.17. The maximum Gasteiger partial charge on any atom is 0.311 e. The van der Waals surface area contributed by atoms with Gasteiger partial charge in [-0.1, -0.05) is 0 Å². The molecule has 0 saturated heterocycles. The van der Waals surface area contributed by atoms with Crippen molar-refractivity contribution >= 4 is 11.8 Å². The van der Waals surface area contributed by atoms with Crippen molar-refractivity contribution < 1.29 is 22.7 Å². The van der Waals surface area contributed by atoms with Gasteiger partial charge < -0.3 is 10.5 Å². The fourth-order valence-corrected chi connectivity index (χ4v) is 1.17. The number of rotatable bonds is 3. The molecule has 1 aromatic rings. The molecule has 0 unspecified atom stereocenters. The average molecular weight is 234 g/mol. The highest BCUT2D eigenvalue weighted by atomic mass is 19.3. The zero-order valence-corrected chi connectivity index (χ0v) is 8.34. The molecule has 2 N–H and O–H groups in total. The van der Waals surface area contributed by atoms with Crippen LogP contribution < -0.4 is 5.73 Å². The lowest BCUT2D eigenvalue weighted by Gasteiger charge is -2.09. The van der Waals surface area contributed by atoms with Crippen LogP contribution >= 0.6 is 0 Å². The molecule has 0 aromatic carbocycles. The summed E-state index contributed by atoms with van der Waals surface area (Å²) in [5.41, 5.74) is 3.88. The van der Waals surface area contributed by atoms with Crippen molar-refractivity contribution in [2.45, 2.75) is 12.8 Å². The molecule has 0 aliphatic rings. The Bertz CT molecular complexity index is 410. The Labute approximate surface area is 89.2 Å². The topological polar surface area (TPSA) is 65.2 Å². The van der Waals surface area contributed by atoms with E-state index in [-0.39, 0.29) is 5.82 Å². The van der Waals surface area contributed by atoms with Crippen molar-refractivity contribution in [2.24, 2.45) is 0 Å².